The first-order valence-corrected chi connectivity index (χ1v) is 10.5. The fraction of sp³-hybridized carbons (Fsp3) is 0.409. The second-order valence-electron chi connectivity index (χ2n) is 7.98. The molecular formula is C22H26N6O2. The third-order valence-electron chi connectivity index (χ3n) is 5.98. The van der Waals surface area contributed by atoms with Gasteiger partial charge in [-0.3, -0.25) is 9.78 Å². The summed E-state index contributed by atoms with van der Waals surface area (Å²) in [5.41, 5.74) is 3.87. The van der Waals surface area contributed by atoms with Gasteiger partial charge in [-0.15, -0.1) is 0 Å². The van der Waals surface area contributed by atoms with Gasteiger partial charge in [0.25, 0.3) is 0 Å². The zero-order valence-corrected chi connectivity index (χ0v) is 17.0. The van der Waals surface area contributed by atoms with E-state index < -0.39 is 0 Å². The molecule has 2 fully saturated rings. The number of hydrogen-bond donors (Lipinski definition) is 2. The highest BCUT2D eigenvalue weighted by Gasteiger charge is 2.28. The maximum atomic E-state index is 11.6. The Morgan fingerprint density at radius 3 is 2.83 bits per heavy atom. The third-order valence-corrected chi connectivity index (χ3v) is 5.98. The van der Waals surface area contributed by atoms with Crippen LogP contribution in [0.3, 0.4) is 0 Å². The molecule has 3 aromatic rings. The van der Waals surface area contributed by atoms with Crippen molar-refractivity contribution in [2.75, 3.05) is 37.6 Å². The topological polar surface area (TPSA) is 83.8 Å². The number of aromatic nitrogens is 3. The predicted molar refractivity (Wildman–Crippen MR) is 115 cm³/mol. The average Bonchev–Trinajstić information content (AvgIpc) is 3.43. The van der Waals surface area contributed by atoms with Crippen molar-refractivity contribution in [1.82, 2.24) is 25.2 Å². The molecule has 2 unspecified atom stereocenters. The number of pyridine rings is 2. The molecule has 0 bridgehead atoms. The SMILES string of the molecule is CC(Oc1cc(-c2ccc(N3CCNCC3)cn2)cn2nccc12)C1CNC(=O)C1. The summed E-state index contributed by atoms with van der Waals surface area (Å²) < 4.78 is 8.12. The number of amides is 1. The van der Waals surface area contributed by atoms with E-state index >= 15 is 0 Å². The molecule has 156 valence electrons. The van der Waals surface area contributed by atoms with Crippen molar-refractivity contribution >= 4 is 17.1 Å². The molecular weight excluding hydrogens is 380 g/mol. The minimum absolute atomic E-state index is 0.0825. The Hall–Kier alpha value is -3.13. The number of piperazine rings is 1. The van der Waals surface area contributed by atoms with Gasteiger partial charge in [0.05, 0.1) is 23.8 Å². The molecule has 0 saturated carbocycles. The van der Waals surface area contributed by atoms with Gasteiger partial charge < -0.3 is 20.3 Å². The van der Waals surface area contributed by atoms with Crippen molar-refractivity contribution in [1.29, 1.82) is 0 Å². The number of hydrogen-bond acceptors (Lipinski definition) is 6. The van der Waals surface area contributed by atoms with E-state index in [-0.39, 0.29) is 17.9 Å². The third kappa shape index (κ3) is 3.70. The van der Waals surface area contributed by atoms with E-state index in [9.17, 15) is 4.79 Å². The van der Waals surface area contributed by atoms with Crippen molar-refractivity contribution in [3.05, 3.63) is 42.9 Å². The highest BCUT2D eigenvalue weighted by molar-refractivity contribution is 5.78. The fourth-order valence-corrected chi connectivity index (χ4v) is 4.15. The summed E-state index contributed by atoms with van der Waals surface area (Å²) in [5, 5.41) is 10.7. The summed E-state index contributed by atoms with van der Waals surface area (Å²) in [4.78, 5) is 18.6. The average molecular weight is 406 g/mol. The van der Waals surface area contributed by atoms with E-state index in [0.29, 0.717) is 13.0 Å². The zero-order chi connectivity index (χ0) is 20.5. The Morgan fingerprint density at radius 2 is 2.10 bits per heavy atom. The second kappa shape index (κ2) is 7.95. The molecule has 3 aromatic heterocycles. The highest BCUT2D eigenvalue weighted by Crippen LogP contribution is 2.30. The largest absolute Gasteiger partial charge is 0.488 e. The zero-order valence-electron chi connectivity index (χ0n) is 17.0. The van der Waals surface area contributed by atoms with Crippen molar-refractivity contribution in [2.24, 2.45) is 5.92 Å². The summed E-state index contributed by atoms with van der Waals surface area (Å²) in [6, 6.07) is 8.13. The molecule has 0 spiro atoms. The van der Waals surface area contributed by atoms with E-state index in [1.165, 1.54) is 0 Å². The molecule has 2 aliphatic rings. The Labute approximate surface area is 175 Å². The van der Waals surface area contributed by atoms with Crippen LogP contribution in [-0.4, -0.2) is 59.3 Å². The molecule has 2 saturated heterocycles. The first-order chi connectivity index (χ1) is 14.7. The van der Waals surface area contributed by atoms with E-state index in [2.05, 4.69) is 32.8 Å². The molecule has 0 radical (unpaired) electrons. The Morgan fingerprint density at radius 1 is 1.23 bits per heavy atom. The molecule has 0 aromatic carbocycles. The monoisotopic (exact) mass is 406 g/mol. The van der Waals surface area contributed by atoms with Gasteiger partial charge in [0, 0.05) is 56.8 Å². The smallest absolute Gasteiger partial charge is 0.220 e. The van der Waals surface area contributed by atoms with Crippen LogP contribution in [0, 0.1) is 5.92 Å². The fourth-order valence-electron chi connectivity index (χ4n) is 4.15. The number of anilines is 1. The van der Waals surface area contributed by atoms with Crippen molar-refractivity contribution in [3.8, 4) is 17.0 Å². The van der Waals surface area contributed by atoms with E-state index in [4.69, 9.17) is 9.72 Å². The van der Waals surface area contributed by atoms with Crippen LogP contribution in [0.4, 0.5) is 5.69 Å². The molecule has 0 aliphatic carbocycles. The summed E-state index contributed by atoms with van der Waals surface area (Å²) >= 11 is 0. The summed E-state index contributed by atoms with van der Waals surface area (Å²) in [6.07, 6.45) is 6.10. The van der Waals surface area contributed by atoms with E-state index in [1.54, 1.807) is 6.20 Å². The number of nitrogens with zero attached hydrogens (tertiary/aromatic N) is 4. The van der Waals surface area contributed by atoms with Crippen LogP contribution in [0.2, 0.25) is 0 Å². The van der Waals surface area contributed by atoms with E-state index in [1.807, 2.05) is 36.0 Å². The van der Waals surface area contributed by atoms with Crippen LogP contribution < -0.4 is 20.3 Å². The summed E-state index contributed by atoms with van der Waals surface area (Å²) in [7, 11) is 0. The highest BCUT2D eigenvalue weighted by atomic mass is 16.5. The number of fused-ring (bicyclic) bond motifs is 1. The molecule has 8 nitrogen and oxygen atoms in total. The molecule has 5 heterocycles. The lowest BCUT2D eigenvalue weighted by atomic mass is 10.0. The second-order valence-corrected chi connectivity index (χ2v) is 7.98. The number of carbonyl (C=O) groups is 1. The predicted octanol–water partition coefficient (Wildman–Crippen LogP) is 1.71. The van der Waals surface area contributed by atoms with Crippen LogP contribution in [0.5, 0.6) is 5.75 Å². The van der Waals surface area contributed by atoms with Crippen LogP contribution >= 0.6 is 0 Å². The van der Waals surface area contributed by atoms with Gasteiger partial charge in [0.2, 0.25) is 5.91 Å². The summed E-state index contributed by atoms with van der Waals surface area (Å²) in [6.45, 7) is 6.66. The lowest BCUT2D eigenvalue weighted by Crippen LogP contribution is -2.43. The molecule has 30 heavy (non-hydrogen) atoms. The van der Waals surface area contributed by atoms with Gasteiger partial charge in [-0.05, 0) is 31.2 Å². The minimum atomic E-state index is -0.0825. The van der Waals surface area contributed by atoms with Gasteiger partial charge in [-0.1, -0.05) is 0 Å². The van der Waals surface area contributed by atoms with Crippen molar-refractivity contribution < 1.29 is 9.53 Å². The van der Waals surface area contributed by atoms with Gasteiger partial charge in [-0.2, -0.15) is 5.10 Å². The lowest BCUT2D eigenvalue weighted by molar-refractivity contribution is -0.119. The van der Waals surface area contributed by atoms with Gasteiger partial charge in [0.1, 0.15) is 17.4 Å². The van der Waals surface area contributed by atoms with Crippen LogP contribution in [0.25, 0.3) is 16.8 Å². The molecule has 2 aliphatic heterocycles. The van der Waals surface area contributed by atoms with Gasteiger partial charge in [-0.25, -0.2) is 4.52 Å². The standard InChI is InChI=1S/C22H26N6O2/c1-15(16-11-22(29)25-12-16)30-21-10-17(14-28-20(21)4-5-26-28)19-3-2-18(13-24-19)27-8-6-23-7-9-27/h2-5,10,13-16,23H,6-9,11-12H2,1H3,(H,25,29). The minimum Gasteiger partial charge on any atom is -0.488 e. The van der Waals surface area contributed by atoms with Crippen LogP contribution in [0.1, 0.15) is 13.3 Å². The maximum absolute atomic E-state index is 11.6. The Kier molecular flexibility index (Phi) is 5.00. The lowest BCUT2D eigenvalue weighted by Gasteiger charge is -2.29. The van der Waals surface area contributed by atoms with Gasteiger partial charge in [0.15, 0.2) is 0 Å². The molecule has 8 heteroatoms. The molecule has 1 amide bonds. The van der Waals surface area contributed by atoms with Gasteiger partial charge >= 0.3 is 0 Å². The van der Waals surface area contributed by atoms with Crippen LogP contribution in [-0.2, 0) is 4.79 Å². The number of ether oxygens (including phenoxy) is 1. The Bertz CT molecular complexity index is 1040. The van der Waals surface area contributed by atoms with Crippen LogP contribution in [0.15, 0.2) is 42.9 Å². The molecule has 2 N–H and O–H groups in total. The number of nitrogens with one attached hydrogen (secondary N) is 2. The van der Waals surface area contributed by atoms with Crippen molar-refractivity contribution in [2.45, 2.75) is 19.4 Å². The molecule has 5 rings (SSSR count). The number of carbonyl (C=O) groups excluding carboxylic acids is 1. The van der Waals surface area contributed by atoms with E-state index in [0.717, 1.165) is 54.4 Å². The van der Waals surface area contributed by atoms with Crippen molar-refractivity contribution in [3.63, 3.8) is 0 Å². The number of rotatable bonds is 5. The quantitative estimate of drug-likeness (QED) is 0.671. The first-order valence-electron chi connectivity index (χ1n) is 10.5. The first kappa shape index (κ1) is 18.9. The normalized spacial score (nSPS) is 20.4. The Balaban J connectivity index is 1.41. The molecule has 2 atom stereocenters. The summed E-state index contributed by atoms with van der Waals surface area (Å²) in [5.74, 6) is 1.01. The maximum Gasteiger partial charge on any atom is 0.220 e.